The Labute approximate surface area is 129 Å². The molecule has 1 aromatic carbocycles. The SMILES string of the molecule is Cc1ccc(C(=O)NC(C)CN2CCCCC2)c(Br)c1. The molecule has 1 heterocycles. The Hall–Kier alpha value is -0.870. The Morgan fingerprint density at radius 2 is 2.05 bits per heavy atom. The first kappa shape index (κ1) is 15.5. The van der Waals surface area contributed by atoms with E-state index in [9.17, 15) is 4.79 Å². The standard InChI is InChI=1S/C16H23BrN2O/c1-12-6-7-14(15(17)10-12)16(20)18-13(2)11-19-8-4-3-5-9-19/h6-7,10,13H,3-5,8-9,11H2,1-2H3,(H,18,20). The number of amides is 1. The van der Waals surface area contributed by atoms with Gasteiger partial charge >= 0.3 is 0 Å². The molecule has 3 nitrogen and oxygen atoms in total. The van der Waals surface area contributed by atoms with E-state index in [0.29, 0.717) is 5.56 Å². The predicted octanol–water partition coefficient (Wildman–Crippen LogP) is 3.36. The fourth-order valence-corrected chi connectivity index (χ4v) is 3.35. The quantitative estimate of drug-likeness (QED) is 0.912. The van der Waals surface area contributed by atoms with Crippen LogP contribution < -0.4 is 5.32 Å². The number of hydrogen-bond acceptors (Lipinski definition) is 2. The van der Waals surface area contributed by atoms with E-state index in [0.717, 1.165) is 29.7 Å². The van der Waals surface area contributed by atoms with Crippen molar-refractivity contribution < 1.29 is 4.79 Å². The van der Waals surface area contributed by atoms with Gasteiger partial charge in [-0.1, -0.05) is 12.5 Å². The lowest BCUT2D eigenvalue weighted by Crippen LogP contribution is -2.43. The van der Waals surface area contributed by atoms with E-state index in [1.807, 2.05) is 25.1 Å². The lowest BCUT2D eigenvalue weighted by atomic mass is 10.1. The number of nitrogens with one attached hydrogen (secondary N) is 1. The Bertz CT molecular complexity index is 470. The molecule has 20 heavy (non-hydrogen) atoms. The van der Waals surface area contributed by atoms with E-state index >= 15 is 0 Å². The van der Waals surface area contributed by atoms with Gasteiger partial charge in [0.1, 0.15) is 0 Å². The largest absolute Gasteiger partial charge is 0.348 e. The number of likely N-dealkylation sites (tertiary alicyclic amines) is 1. The van der Waals surface area contributed by atoms with E-state index in [1.54, 1.807) is 0 Å². The number of hydrogen-bond donors (Lipinski definition) is 1. The molecule has 0 radical (unpaired) electrons. The summed E-state index contributed by atoms with van der Waals surface area (Å²) < 4.78 is 0.861. The van der Waals surface area contributed by atoms with Crippen molar-refractivity contribution in [3.63, 3.8) is 0 Å². The van der Waals surface area contributed by atoms with Crippen LogP contribution in [0.2, 0.25) is 0 Å². The number of nitrogens with zero attached hydrogens (tertiary/aromatic N) is 1. The Morgan fingerprint density at radius 1 is 1.35 bits per heavy atom. The van der Waals surface area contributed by atoms with Crippen molar-refractivity contribution in [2.24, 2.45) is 0 Å². The third-order valence-corrected chi connectivity index (χ3v) is 4.38. The van der Waals surface area contributed by atoms with E-state index in [-0.39, 0.29) is 11.9 Å². The van der Waals surface area contributed by atoms with Gasteiger partial charge in [-0.2, -0.15) is 0 Å². The number of carbonyl (C=O) groups excluding carboxylic acids is 1. The molecule has 1 saturated heterocycles. The third-order valence-electron chi connectivity index (χ3n) is 3.73. The van der Waals surface area contributed by atoms with E-state index < -0.39 is 0 Å². The highest BCUT2D eigenvalue weighted by Crippen LogP contribution is 2.18. The summed E-state index contributed by atoms with van der Waals surface area (Å²) in [7, 11) is 0. The minimum atomic E-state index is 0.00128. The summed E-state index contributed by atoms with van der Waals surface area (Å²) >= 11 is 3.46. The molecular formula is C16H23BrN2O. The number of aryl methyl sites for hydroxylation is 1. The molecular weight excluding hydrogens is 316 g/mol. The summed E-state index contributed by atoms with van der Waals surface area (Å²) in [4.78, 5) is 14.7. The molecule has 1 amide bonds. The highest BCUT2D eigenvalue weighted by atomic mass is 79.9. The van der Waals surface area contributed by atoms with Crippen molar-refractivity contribution in [2.45, 2.75) is 39.2 Å². The first-order valence-electron chi connectivity index (χ1n) is 7.35. The molecule has 2 rings (SSSR count). The fraction of sp³-hybridized carbons (Fsp3) is 0.562. The molecule has 1 unspecified atom stereocenters. The number of benzene rings is 1. The zero-order chi connectivity index (χ0) is 14.5. The first-order chi connectivity index (χ1) is 9.56. The lowest BCUT2D eigenvalue weighted by molar-refractivity contribution is 0.0925. The van der Waals surface area contributed by atoms with Crippen molar-refractivity contribution in [3.05, 3.63) is 33.8 Å². The van der Waals surface area contributed by atoms with Gasteiger partial charge in [-0.25, -0.2) is 0 Å². The number of piperidine rings is 1. The smallest absolute Gasteiger partial charge is 0.252 e. The minimum Gasteiger partial charge on any atom is -0.348 e. The van der Waals surface area contributed by atoms with Crippen molar-refractivity contribution in [3.8, 4) is 0 Å². The van der Waals surface area contributed by atoms with E-state index in [2.05, 4.69) is 33.1 Å². The van der Waals surface area contributed by atoms with Gasteiger partial charge < -0.3 is 10.2 Å². The van der Waals surface area contributed by atoms with Crippen LogP contribution in [0.5, 0.6) is 0 Å². The summed E-state index contributed by atoms with van der Waals surface area (Å²) in [6, 6.07) is 6.00. The van der Waals surface area contributed by atoms with Gasteiger partial charge in [-0.15, -0.1) is 0 Å². The number of carbonyl (C=O) groups is 1. The van der Waals surface area contributed by atoms with Gasteiger partial charge in [0, 0.05) is 17.1 Å². The Morgan fingerprint density at radius 3 is 2.70 bits per heavy atom. The van der Waals surface area contributed by atoms with E-state index in [1.165, 1.54) is 19.3 Å². The summed E-state index contributed by atoms with van der Waals surface area (Å²) in [6.45, 7) is 7.36. The van der Waals surface area contributed by atoms with Crippen LogP contribution in [0.25, 0.3) is 0 Å². The Kier molecular flexibility index (Phi) is 5.61. The third kappa shape index (κ3) is 4.32. The zero-order valence-corrected chi connectivity index (χ0v) is 13.9. The second-order valence-electron chi connectivity index (χ2n) is 5.72. The minimum absolute atomic E-state index is 0.00128. The van der Waals surface area contributed by atoms with Gasteiger partial charge in [0.15, 0.2) is 0 Å². The van der Waals surface area contributed by atoms with Crippen molar-refractivity contribution >= 4 is 21.8 Å². The molecule has 1 aliphatic heterocycles. The molecule has 1 N–H and O–H groups in total. The molecule has 4 heteroatoms. The molecule has 0 aliphatic carbocycles. The average Bonchev–Trinajstić information content (AvgIpc) is 2.39. The predicted molar refractivity (Wildman–Crippen MR) is 86.1 cm³/mol. The molecule has 1 fully saturated rings. The average molecular weight is 339 g/mol. The van der Waals surface area contributed by atoms with Gasteiger partial charge in [-0.05, 0) is 73.4 Å². The molecule has 1 atom stereocenters. The van der Waals surface area contributed by atoms with Gasteiger partial charge in [0.2, 0.25) is 0 Å². The van der Waals surface area contributed by atoms with Crippen LogP contribution in [-0.4, -0.2) is 36.5 Å². The van der Waals surface area contributed by atoms with Crippen LogP contribution in [0.15, 0.2) is 22.7 Å². The van der Waals surface area contributed by atoms with Crippen molar-refractivity contribution in [1.82, 2.24) is 10.2 Å². The van der Waals surface area contributed by atoms with Crippen LogP contribution in [0, 0.1) is 6.92 Å². The molecule has 110 valence electrons. The number of halogens is 1. The fourth-order valence-electron chi connectivity index (χ4n) is 2.68. The van der Waals surface area contributed by atoms with Gasteiger partial charge in [0.05, 0.1) is 5.56 Å². The van der Waals surface area contributed by atoms with Crippen LogP contribution in [-0.2, 0) is 0 Å². The summed E-state index contributed by atoms with van der Waals surface area (Å²) in [5.41, 5.74) is 1.86. The van der Waals surface area contributed by atoms with Crippen LogP contribution in [0.4, 0.5) is 0 Å². The van der Waals surface area contributed by atoms with Crippen molar-refractivity contribution in [2.75, 3.05) is 19.6 Å². The monoisotopic (exact) mass is 338 g/mol. The molecule has 0 bridgehead atoms. The highest BCUT2D eigenvalue weighted by Gasteiger charge is 2.16. The highest BCUT2D eigenvalue weighted by molar-refractivity contribution is 9.10. The summed E-state index contributed by atoms with van der Waals surface area (Å²) in [6.07, 6.45) is 3.90. The summed E-state index contributed by atoms with van der Waals surface area (Å²) in [5.74, 6) is 0.00128. The maximum absolute atomic E-state index is 12.3. The van der Waals surface area contributed by atoms with Crippen LogP contribution in [0.1, 0.15) is 42.1 Å². The lowest BCUT2D eigenvalue weighted by Gasteiger charge is -2.29. The van der Waals surface area contributed by atoms with Crippen LogP contribution >= 0.6 is 15.9 Å². The Balaban J connectivity index is 1.89. The topological polar surface area (TPSA) is 32.3 Å². The molecule has 1 aliphatic rings. The van der Waals surface area contributed by atoms with Crippen LogP contribution in [0.3, 0.4) is 0 Å². The molecule has 0 spiro atoms. The second kappa shape index (κ2) is 7.23. The van der Waals surface area contributed by atoms with Gasteiger partial charge in [0.25, 0.3) is 5.91 Å². The maximum atomic E-state index is 12.3. The first-order valence-corrected chi connectivity index (χ1v) is 8.15. The normalized spacial score (nSPS) is 17.8. The van der Waals surface area contributed by atoms with E-state index in [4.69, 9.17) is 0 Å². The molecule has 1 aromatic rings. The molecule has 0 aromatic heterocycles. The summed E-state index contributed by atoms with van der Waals surface area (Å²) in [5, 5.41) is 3.09. The molecule has 0 saturated carbocycles. The zero-order valence-electron chi connectivity index (χ0n) is 12.3. The maximum Gasteiger partial charge on any atom is 0.252 e. The van der Waals surface area contributed by atoms with Crippen molar-refractivity contribution in [1.29, 1.82) is 0 Å². The van der Waals surface area contributed by atoms with Gasteiger partial charge in [-0.3, -0.25) is 4.79 Å². The number of rotatable bonds is 4. The second-order valence-corrected chi connectivity index (χ2v) is 6.57.